The molecule has 5 heteroatoms. The zero-order valence-corrected chi connectivity index (χ0v) is 8.14. The predicted octanol–water partition coefficient (Wildman–Crippen LogP) is 1.92. The van der Waals surface area contributed by atoms with Gasteiger partial charge in [0, 0.05) is 18.0 Å². The molecule has 0 radical (unpaired) electrons. The Kier molecular flexibility index (Phi) is 3.08. The highest BCUT2D eigenvalue weighted by atomic mass is 35.5. The monoisotopic (exact) mass is 199 g/mol. The Balaban J connectivity index is 2.97. The van der Waals surface area contributed by atoms with Crippen LogP contribution in [0.2, 0.25) is 0 Å². The van der Waals surface area contributed by atoms with E-state index in [2.05, 4.69) is 9.97 Å². The van der Waals surface area contributed by atoms with Gasteiger partial charge in [-0.05, 0) is 6.92 Å². The van der Waals surface area contributed by atoms with E-state index in [1.807, 2.05) is 6.92 Å². The van der Waals surface area contributed by atoms with E-state index in [0.29, 0.717) is 11.6 Å². The molecule has 0 amide bonds. The van der Waals surface area contributed by atoms with Crippen LogP contribution in [0.25, 0.3) is 5.76 Å². The number of H-pyrrole nitrogens is 1. The first-order chi connectivity index (χ1) is 6.13. The van der Waals surface area contributed by atoms with E-state index in [1.165, 1.54) is 13.2 Å². The van der Waals surface area contributed by atoms with Gasteiger partial charge in [-0.3, -0.25) is 5.41 Å². The summed E-state index contributed by atoms with van der Waals surface area (Å²) in [7, 11) is 1.50. The lowest BCUT2D eigenvalue weighted by atomic mass is 10.4. The lowest BCUT2D eigenvalue weighted by Crippen LogP contribution is -1.92. The van der Waals surface area contributed by atoms with Crippen LogP contribution in [0.4, 0.5) is 0 Å². The summed E-state index contributed by atoms with van der Waals surface area (Å²) >= 11 is 5.39. The molecule has 0 saturated carbocycles. The van der Waals surface area contributed by atoms with Crippen LogP contribution in [0.3, 0.4) is 0 Å². The van der Waals surface area contributed by atoms with Gasteiger partial charge >= 0.3 is 0 Å². The van der Waals surface area contributed by atoms with Crippen LogP contribution in [-0.4, -0.2) is 22.2 Å². The van der Waals surface area contributed by atoms with Gasteiger partial charge in [-0.15, -0.1) is 0 Å². The molecule has 2 N–H and O–H groups in total. The maximum absolute atomic E-state index is 7.05. The minimum Gasteiger partial charge on any atom is -0.493 e. The van der Waals surface area contributed by atoms with Crippen LogP contribution in [0.15, 0.2) is 12.3 Å². The third-order valence-corrected chi connectivity index (χ3v) is 1.52. The van der Waals surface area contributed by atoms with E-state index < -0.39 is 0 Å². The average Bonchev–Trinajstić information content (AvgIpc) is 2.47. The Labute approximate surface area is 81.1 Å². The van der Waals surface area contributed by atoms with E-state index in [9.17, 15) is 0 Å². The molecule has 0 aliphatic carbocycles. The third kappa shape index (κ3) is 2.59. The Morgan fingerprint density at radius 1 is 1.77 bits per heavy atom. The number of aromatic nitrogens is 2. The number of aryl methyl sites for hydroxylation is 1. The minimum absolute atomic E-state index is 0.0918. The lowest BCUT2D eigenvalue weighted by Gasteiger charge is -2.00. The van der Waals surface area contributed by atoms with E-state index in [1.54, 1.807) is 6.20 Å². The summed E-state index contributed by atoms with van der Waals surface area (Å²) in [5, 5.41) is 6.96. The molecule has 1 aromatic rings. The van der Waals surface area contributed by atoms with Crippen molar-refractivity contribution in [2.24, 2.45) is 0 Å². The Hall–Kier alpha value is -1.29. The van der Waals surface area contributed by atoms with Crippen LogP contribution in [0, 0.1) is 12.3 Å². The number of ether oxygens (including phenoxy) is 1. The van der Waals surface area contributed by atoms with Crippen LogP contribution < -0.4 is 0 Å². The number of halogens is 1. The maximum atomic E-state index is 7.05. The highest BCUT2D eigenvalue weighted by Crippen LogP contribution is 2.11. The second kappa shape index (κ2) is 4.09. The molecule has 1 rings (SSSR count). The standard InChI is InChI=1S/C8H10ClN3O/c1-5-4-11-8(12-5)6(13-2)3-7(9)10/h3-4,10H,1-2H3,(H,11,12)/b6-3+,10-7?. The quantitative estimate of drug-likeness (QED) is 0.577. The summed E-state index contributed by atoms with van der Waals surface area (Å²) in [5.74, 6) is 1.03. The van der Waals surface area contributed by atoms with Crippen LogP contribution in [0.1, 0.15) is 11.5 Å². The van der Waals surface area contributed by atoms with Crippen molar-refractivity contribution in [3.05, 3.63) is 23.8 Å². The summed E-state index contributed by atoms with van der Waals surface area (Å²) in [6.07, 6.45) is 3.07. The number of hydrogen-bond donors (Lipinski definition) is 2. The molecule has 1 aromatic heterocycles. The zero-order chi connectivity index (χ0) is 9.84. The van der Waals surface area contributed by atoms with Gasteiger partial charge in [-0.2, -0.15) is 0 Å². The molecule has 0 fully saturated rings. The number of imidazole rings is 1. The van der Waals surface area contributed by atoms with Gasteiger partial charge in [-0.1, -0.05) is 11.6 Å². The molecular weight excluding hydrogens is 190 g/mol. The molecule has 70 valence electrons. The van der Waals surface area contributed by atoms with Crippen molar-refractivity contribution < 1.29 is 4.74 Å². The van der Waals surface area contributed by atoms with Crippen molar-refractivity contribution >= 4 is 22.5 Å². The minimum atomic E-state index is -0.0918. The first kappa shape index (κ1) is 9.80. The van der Waals surface area contributed by atoms with Gasteiger partial charge in [0.1, 0.15) is 5.17 Å². The molecule has 0 bridgehead atoms. The van der Waals surface area contributed by atoms with Crippen molar-refractivity contribution in [3.63, 3.8) is 0 Å². The second-order valence-corrected chi connectivity index (χ2v) is 2.88. The van der Waals surface area contributed by atoms with Crippen LogP contribution in [0.5, 0.6) is 0 Å². The summed E-state index contributed by atoms with van der Waals surface area (Å²) in [5.41, 5.74) is 0.930. The smallest absolute Gasteiger partial charge is 0.173 e. The van der Waals surface area contributed by atoms with Crippen molar-refractivity contribution in [3.8, 4) is 0 Å². The first-order valence-corrected chi connectivity index (χ1v) is 4.03. The van der Waals surface area contributed by atoms with Gasteiger partial charge < -0.3 is 9.72 Å². The number of allylic oxidation sites excluding steroid dienone is 1. The summed E-state index contributed by atoms with van der Waals surface area (Å²) < 4.78 is 5.00. The highest BCUT2D eigenvalue weighted by molar-refractivity contribution is 6.67. The van der Waals surface area contributed by atoms with Crippen molar-refractivity contribution in [2.75, 3.05) is 7.11 Å². The fraction of sp³-hybridized carbons (Fsp3) is 0.250. The largest absolute Gasteiger partial charge is 0.493 e. The molecule has 0 saturated heterocycles. The van der Waals surface area contributed by atoms with Crippen LogP contribution >= 0.6 is 11.6 Å². The molecule has 13 heavy (non-hydrogen) atoms. The highest BCUT2D eigenvalue weighted by Gasteiger charge is 2.05. The number of rotatable bonds is 3. The van der Waals surface area contributed by atoms with E-state index >= 15 is 0 Å². The Bertz CT molecular complexity index is 343. The van der Waals surface area contributed by atoms with Crippen LogP contribution in [-0.2, 0) is 4.74 Å². The normalized spacial score (nSPS) is 11.5. The SMILES string of the molecule is CO/C(=C/C(=N)Cl)c1ncc(C)[nH]1. The van der Waals surface area contributed by atoms with Gasteiger partial charge in [0.05, 0.1) is 7.11 Å². The van der Waals surface area contributed by atoms with E-state index in [-0.39, 0.29) is 5.17 Å². The molecule has 0 spiro atoms. The van der Waals surface area contributed by atoms with Gasteiger partial charge in [0.2, 0.25) is 0 Å². The second-order valence-electron chi connectivity index (χ2n) is 2.48. The lowest BCUT2D eigenvalue weighted by molar-refractivity contribution is 0.367. The molecule has 1 heterocycles. The molecular formula is C8H10ClN3O. The number of hydrogen-bond acceptors (Lipinski definition) is 3. The molecule has 0 aromatic carbocycles. The van der Waals surface area contributed by atoms with Gasteiger partial charge in [0.25, 0.3) is 0 Å². The van der Waals surface area contributed by atoms with Crippen molar-refractivity contribution in [1.29, 1.82) is 5.41 Å². The fourth-order valence-electron chi connectivity index (χ4n) is 0.877. The number of aromatic amines is 1. The summed E-state index contributed by atoms with van der Waals surface area (Å²) in [4.78, 5) is 7.01. The molecule has 0 unspecified atom stereocenters. The van der Waals surface area contributed by atoms with E-state index in [0.717, 1.165) is 5.69 Å². The summed E-state index contributed by atoms with van der Waals surface area (Å²) in [6, 6.07) is 0. The molecule has 4 nitrogen and oxygen atoms in total. The summed E-state index contributed by atoms with van der Waals surface area (Å²) in [6.45, 7) is 1.88. The molecule has 0 aliphatic heterocycles. The number of nitrogens with zero attached hydrogens (tertiary/aromatic N) is 1. The Morgan fingerprint density at radius 3 is 2.85 bits per heavy atom. The molecule has 0 aliphatic rings. The van der Waals surface area contributed by atoms with Gasteiger partial charge in [0.15, 0.2) is 11.6 Å². The average molecular weight is 200 g/mol. The van der Waals surface area contributed by atoms with Crippen molar-refractivity contribution in [1.82, 2.24) is 9.97 Å². The van der Waals surface area contributed by atoms with Crippen molar-refractivity contribution in [2.45, 2.75) is 6.92 Å². The Morgan fingerprint density at radius 2 is 2.46 bits per heavy atom. The predicted molar refractivity (Wildman–Crippen MR) is 51.9 cm³/mol. The fourth-order valence-corrected chi connectivity index (χ4v) is 0.976. The van der Waals surface area contributed by atoms with Gasteiger partial charge in [-0.25, -0.2) is 4.98 Å². The van der Waals surface area contributed by atoms with E-state index in [4.69, 9.17) is 21.7 Å². The molecule has 0 atom stereocenters. The third-order valence-electron chi connectivity index (χ3n) is 1.41. The topological polar surface area (TPSA) is 61.8 Å². The number of nitrogens with one attached hydrogen (secondary N) is 2. The maximum Gasteiger partial charge on any atom is 0.173 e. The first-order valence-electron chi connectivity index (χ1n) is 3.65. The zero-order valence-electron chi connectivity index (χ0n) is 7.39. The number of methoxy groups -OCH3 is 1.